The van der Waals surface area contributed by atoms with Crippen molar-refractivity contribution in [3.8, 4) is 10.6 Å². The Morgan fingerprint density at radius 1 is 1.29 bits per heavy atom. The molecule has 0 amide bonds. The minimum absolute atomic E-state index is 0.135. The molecule has 4 rings (SSSR count). The summed E-state index contributed by atoms with van der Waals surface area (Å²) in [5, 5.41) is 9.62. The number of halogens is 1. The van der Waals surface area contributed by atoms with Crippen molar-refractivity contribution in [3.63, 3.8) is 0 Å². The molecule has 1 aliphatic rings. The molecule has 1 fully saturated rings. The van der Waals surface area contributed by atoms with E-state index in [-0.39, 0.29) is 11.9 Å². The topological polar surface area (TPSA) is 41.3 Å². The Morgan fingerprint density at radius 3 is 3.08 bits per heavy atom. The third-order valence-corrected chi connectivity index (χ3v) is 5.16. The minimum atomic E-state index is -0.195. The molecule has 1 unspecified atom stereocenters. The fourth-order valence-electron chi connectivity index (χ4n) is 3.11. The molecule has 124 valence electrons. The summed E-state index contributed by atoms with van der Waals surface area (Å²) in [7, 11) is 0. The molecule has 1 saturated heterocycles. The lowest BCUT2D eigenvalue weighted by Crippen LogP contribution is -2.45. The van der Waals surface area contributed by atoms with E-state index < -0.39 is 0 Å². The number of rotatable bonds is 4. The Balaban J connectivity index is 1.53. The van der Waals surface area contributed by atoms with Crippen LogP contribution in [-0.4, -0.2) is 29.7 Å². The zero-order valence-electron chi connectivity index (χ0n) is 13.1. The molecule has 0 spiro atoms. The maximum absolute atomic E-state index is 13.6. The van der Waals surface area contributed by atoms with E-state index in [0.29, 0.717) is 6.54 Å². The van der Waals surface area contributed by atoms with E-state index in [1.165, 1.54) is 6.07 Å². The van der Waals surface area contributed by atoms with Crippen molar-refractivity contribution in [2.24, 2.45) is 0 Å². The van der Waals surface area contributed by atoms with Crippen LogP contribution in [0.1, 0.15) is 17.3 Å². The molecule has 1 atom stereocenters. The number of thiophene rings is 1. The van der Waals surface area contributed by atoms with E-state index in [4.69, 9.17) is 4.52 Å². The van der Waals surface area contributed by atoms with Crippen LogP contribution in [0.25, 0.3) is 10.6 Å². The van der Waals surface area contributed by atoms with Crippen molar-refractivity contribution in [2.45, 2.75) is 12.6 Å². The summed E-state index contributed by atoms with van der Waals surface area (Å²) in [6.07, 6.45) is 0. The zero-order chi connectivity index (χ0) is 16.4. The fourth-order valence-corrected chi connectivity index (χ4v) is 3.78. The maximum atomic E-state index is 13.6. The van der Waals surface area contributed by atoms with Crippen LogP contribution in [0.3, 0.4) is 0 Å². The Kier molecular flexibility index (Phi) is 4.42. The van der Waals surface area contributed by atoms with Crippen LogP contribution in [0.4, 0.5) is 4.39 Å². The Labute approximate surface area is 143 Å². The lowest BCUT2D eigenvalue weighted by molar-refractivity contribution is 0.149. The monoisotopic (exact) mass is 343 g/mol. The average Bonchev–Trinajstić information content (AvgIpc) is 3.26. The standard InChI is InChI=1S/C18H18FN3OS/c19-14-4-1-3-13(9-14)16-11-20-6-7-22(16)12-15-10-17(23-21-15)18-5-2-8-24-18/h1-5,8-10,16,20H,6-7,11-12H2. The van der Waals surface area contributed by atoms with Crippen LogP contribution < -0.4 is 5.32 Å². The van der Waals surface area contributed by atoms with Gasteiger partial charge in [0.1, 0.15) is 5.82 Å². The van der Waals surface area contributed by atoms with E-state index in [9.17, 15) is 4.39 Å². The second-order valence-electron chi connectivity index (χ2n) is 5.91. The molecule has 0 aliphatic carbocycles. The van der Waals surface area contributed by atoms with Gasteiger partial charge in [0.15, 0.2) is 5.76 Å². The molecule has 6 heteroatoms. The summed E-state index contributed by atoms with van der Waals surface area (Å²) in [6, 6.07) is 13.0. The average molecular weight is 343 g/mol. The molecule has 3 aromatic rings. The normalized spacial score (nSPS) is 18.8. The molecule has 2 aromatic heterocycles. The number of piperazine rings is 1. The van der Waals surface area contributed by atoms with Gasteiger partial charge >= 0.3 is 0 Å². The van der Waals surface area contributed by atoms with E-state index in [1.54, 1.807) is 23.5 Å². The van der Waals surface area contributed by atoms with Gasteiger partial charge in [-0.3, -0.25) is 4.90 Å². The number of aromatic nitrogens is 1. The summed E-state index contributed by atoms with van der Waals surface area (Å²) >= 11 is 1.64. The Hall–Kier alpha value is -2.02. The highest BCUT2D eigenvalue weighted by molar-refractivity contribution is 7.13. The van der Waals surface area contributed by atoms with Crippen molar-refractivity contribution in [1.29, 1.82) is 0 Å². The molecule has 0 saturated carbocycles. The first-order chi connectivity index (χ1) is 11.8. The molecule has 0 bridgehead atoms. The van der Waals surface area contributed by atoms with Crippen molar-refractivity contribution < 1.29 is 8.91 Å². The highest BCUT2D eigenvalue weighted by atomic mass is 32.1. The van der Waals surface area contributed by atoms with Gasteiger partial charge in [-0.2, -0.15) is 0 Å². The van der Waals surface area contributed by atoms with Gasteiger partial charge in [0, 0.05) is 38.3 Å². The van der Waals surface area contributed by atoms with Gasteiger partial charge in [-0.25, -0.2) is 4.39 Å². The predicted molar refractivity (Wildman–Crippen MR) is 92.2 cm³/mol. The first-order valence-corrected chi connectivity index (χ1v) is 8.87. The lowest BCUT2D eigenvalue weighted by atomic mass is 10.0. The van der Waals surface area contributed by atoms with Gasteiger partial charge in [-0.1, -0.05) is 23.4 Å². The van der Waals surface area contributed by atoms with Crippen LogP contribution in [-0.2, 0) is 6.54 Å². The van der Waals surface area contributed by atoms with E-state index >= 15 is 0 Å². The molecular weight excluding hydrogens is 325 g/mol. The number of benzene rings is 1. The minimum Gasteiger partial charge on any atom is -0.355 e. The predicted octanol–water partition coefficient (Wildman–Crippen LogP) is 3.69. The van der Waals surface area contributed by atoms with Crippen LogP contribution >= 0.6 is 11.3 Å². The summed E-state index contributed by atoms with van der Waals surface area (Å²) in [6.45, 7) is 3.31. The lowest BCUT2D eigenvalue weighted by Gasteiger charge is -2.36. The maximum Gasteiger partial charge on any atom is 0.177 e. The summed E-state index contributed by atoms with van der Waals surface area (Å²) in [4.78, 5) is 3.40. The largest absolute Gasteiger partial charge is 0.355 e. The first-order valence-electron chi connectivity index (χ1n) is 7.99. The van der Waals surface area contributed by atoms with E-state index in [2.05, 4.69) is 15.4 Å². The smallest absolute Gasteiger partial charge is 0.177 e. The number of hydrogen-bond donors (Lipinski definition) is 1. The van der Waals surface area contributed by atoms with Gasteiger partial charge in [-0.15, -0.1) is 11.3 Å². The van der Waals surface area contributed by atoms with Crippen LogP contribution in [0.5, 0.6) is 0 Å². The fraction of sp³-hybridized carbons (Fsp3) is 0.278. The third kappa shape index (κ3) is 3.26. The summed E-state index contributed by atoms with van der Waals surface area (Å²) in [5.41, 5.74) is 1.89. The molecule has 1 aromatic carbocycles. The van der Waals surface area contributed by atoms with Gasteiger partial charge in [0.05, 0.1) is 10.6 Å². The second-order valence-corrected chi connectivity index (χ2v) is 6.85. The Morgan fingerprint density at radius 2 is 2.25 bits per heavy atom. The van der Waals surface area contributed by atoms with Gasteiger partial charge < -0.3 is 9.84 Å². The SMILES string of the molecule is Fc1cccc(C2CNCCN2Cc2cc(-c3cccs3)on2)c1. The first kappa shape index (κ1) is 15.5. The summed E-state index contributed by atoms with van der Waals surface area (Å²) in [5.74, 6) is 0.608. The molecule has 1 N–H and O–H groups in total. The molecule has 4 nitrogen and oxygen atoms in total. The molecule has 24 heavy (non-hydrogen) atoms. The van der Waals surface area contributed by atoms with Gasteiger partial charge in [-0.05, 0) is 29.1 Å². The molecule has 3 heterocycles. The zero-order valence-corrected chi connectivity index (χ0v) is 13.9. The number of nitrogens with one attached hydrogen (secondary N) is 1. The van der Waals surface area contributed by atoms with Crippen LogP contribution in [0.15, 0.2) is 52.4 Å². The van der Waals surface area contributed by atoms with Crippen molar-refractivity contribution >= 4 is 11.3 Å². The van der Waals surface area contributed by atoms with E-state index in [1.807, 2.05) is 29.6 Å². The molecule has 0 radical (unpaired) electrons. The van der Waals surface area contributed by atoms with Crippen molar-refractivity contribution in [3.05, 3.63) is 64.9 Å². The third-order valence-electron chi connectivity index (χ3n) is 4.28. The summed E-state index contributed by atoms with van der Waals surface area (Å²) < 4.78 is 19.0. The van der Waals surface area contributed by atoms with Crippen molar-refractivity contribution in [2.75, 3.05) is 19.6 Å². The van der Waals surface area contributed by atoms with Gasteiger partial charge in [0.2, 0.25) is 0 Å². The quantitative estimate of drug-likeness (QED) is 0.784. The molecule has 1 aliphatic heterocycles. The highest BCUT2D eigenvalue weighted by Crippen LogP contribution is 2.28. The molecular formula is C18H18FN3OS. The highest BCUT2D eigenvalue weighted by Gasteiger charge is 2.25. The van der Waals surface area contributed by atoms with Crippen molar-refractivity contribution in [1.82, 2.24) is 15.4 Å². The Bertz CT molecular complexity index is 802. The number of hydrogen-bond acceptors (Lipinski definition) is 5. The van der Waals surface area contributed by atoms with Crippen LogP contribution in [0.2, 0.25) is 0 Å². The second kappa shape index (κ2) is 6.84. The van der Waals surface area contributed by atoms with Crippen LogP contribution in [0, 0.1) is 5.82 Å². The van der Waals surface area contributed by atoms with E-state index in [0.717, 1.165) is 41.5 Å². The van der Waals surface area contributed by atoms with Gasteiger partial charge in [0.25, 0.3) is 0 Å². The number of nitrogens with zero attached hydrogens (tertiary/aromatic N) is 2.